The number of methoxy groups -OCH3 is 1. The van der Waals surface area contributed by atoms with Crippen LogP contribution < -0.4 is 19.7 Å². The van der Waals surface area contributed by atoms with Crippen molar-refractivity contribution in [2.75, 3.05) is 12.0 Å². The largest absolute Gasteiger partial charge is 0.493 e. The number of nitro benzene ring substituents is 1. The molecule has 0 aromatic heterocycles. The number of rotatable bonds is 6. The van der Waals surface area contributed by atoms with E-state index in [2.05, 4.69) is 21.2 Å². The second-order valence-electron chi connectivity index (χ2n) is 7.87. The van der Waals surface area contributed by atoms with Crippen LogP contribution in [0.2, 0.25) is 0 Å². The van der Waals surface area contributed by atoms with Gasteiger partial charge in [-0.3, -0.25) is 25.0 Å². The van der Waals surface area contributed by atoms with Crippen LogP contribution >= 0.6 is 15.9 Å². The first-order valence-electron chi connectivity index (χ1n) is 10.8. The molecule has 39 heavy (non-hydrogen) atoms. The number of barbiturate groups is 1. The number of para-hydroxylation sites is 1. The number of benzene rings is 3. The Morgan fingerprint density at radius 1 is 1.03 bits per heavy atom. The molecule has 0 aliphatic carbocycles. The summed E-state index contributed by atoms with van der Waals surface area (Å²) >= 11 is 3.22. The summed E-state index contributed by atoms with van der Waals surface area (Å²) in [5, 5.41) is 13.5. The fraction of sp³-hybridized carbons (Fsp3) is 0.0800. The third-order valence-corrected chi connectivity index (χ3v) is 5.96. The molecule has 0 radical (unpaired) electrons. The van der Waals surface area contributed by atoms with Crippen LogP contribution in [-0.4, -0.2) is 29.9 Å². The van der Waals surface area contributed by atoms with Crippen LogP contribution in [0.15, 0.2) is 70.7 Å². The third-order valence-electron chi connectivity index (χ3n) is 5.37. The van der Waals surface area contributed by atoms with Gasteiger partial charge in [-0.25, -0.2) is 9.69 Å². The Bertz CT molecular complexity index is 1540. The summed E-state index contributed by atoms with van der Waals surface area (Å²) in [6.45, 7) is 0. The van der Waals surface area contributed by atoms with E-state index in [1.165, 1.54) is 37.5 Å². The highest BCUT2D eigenvalue weighted by Crippen LogP contribution is 2.44. The van der Waals surface area contributed by atoms with Crippen molar-refractivity contribution in [3.05, 3.63) is 92.0 Å². The minimum atomic E-state index is -4.81. The van der Waals surface area contributed by atoms with Gasteiger partial charge in [0.1, 0.15) is 5.57 Å². The van der Waals surface area contributed by atoms with Gasteiger partial charge >= 0.3 is 17.9 Å². The van der Waals surface area contributed by atoms with Gasteiger partial charge in [0.15, 0.2) is 11.5 Å². The third kappa shape index (κ3) is 5.60. The highest BCUT2D eigenvalue weighted by molar-refractivity contribution is 9.10. The number of carbonyl (C=O) groups excluding carboxylic acids is 3. The standard InChI is InChI=1S/C25H15BrF3N3O7/c1-38-20-11-13(9-16-22(33)30-24(35)31(23(16)34)15-5-3-2-4-6-15)10-17(26)21(20)39-19-8-7-14(25(27,28)29)12-18(19)32(36)37/h2-12H,1H3,(H,30,33,35)/b16-9+. The Kier molecular flexibility index (Phi) is 7.40. The second kappa shape index (κ2) is 10.6. The number of hydrogen-bond donors (Lipinski definition) is 1. The van der Waals surface area contributed by atoms with Gasteiger partial charge in [-0.05, 0) is 64.0 Å². The summed E-state index contributed by atoms with van der Waals surface area (Å²) in [6.07, 6.45) is -3.61. The molecule has 1 saturated heterocycles. The smallest absolute Gasteiger partial charge is 0.416 e. The first-order chi connectivity index (χ1) is 18.4. The molecule has 0 saturated carbocycles. The van der Waals surface area contributed by atoms with Crippen molar-refractivity contribution in [2.24, 2.45) is 0 Å². The van der Waals surface area contributed by atoms with E-state index < -0.39 is 45.9 Å². The molecule has 3 aromatic carbocycles. The lowest BCUT2D eigenvalue weighted by atomic mass is 10.1. The molecule has 0 atom stereocenters. The molecular weight excluding hydrogens is 591 g/mol. The van der Waals surface area contributed by atoms with E-state index >= 15 is 0 Å². The number of amides is 4. The van der Waals surface area contributed by atoms with E-state index in [-0.39, 0.29) is 32.8 Å². The number of nitro groups is 1. The van der Waals surface area contributed by atoms with Crippen LogP contribution in [0, 0.1) is 10.1 Å². The van der Waals surface area contributed by atoms with E-state index in [4.69, 9.17) is 9.47 Å². The number of hydrogen-bond acceptors (Lipinski definition) is 7. The maximum absolute atomic E-state index is 13.1. The molecule has 1 fully saturated rings. The normalized spacial score (nSPS) is 14.8. The minimum absolute atomic E-state index is 0.0370. The topological polar surface area (TPSA) is 128 Å². The van der Waals surface area contributed by atoms with E-state index in [0.717, 1.165) is 11.0 Å². The van der Waals surface area contributed by atoms with Gasteiger partial charge in [0.25, 0.3) is 11.8 Å². The van der Waals surface area contributed by atoms with Crippen molar-refractivity contribution in [1.29, 1.82) is 0 Å². The minimum Gasteiger partial charge on any atom is -0.493 e. The Balaban J connectivity index is 1.72. The number of nitrogens with one attached hydrogen (secondary N) is 1. The first-order valence-corrected chi connectivity index (χ1v) is 11.6. The lowest BCUT2D eigenvalue weighted by molar-refractivity contribution is -0.385. The van der Waals surface area contributed by atoms with E-state index in [1.807, 2.05) is 0 Å². The summed E-state index contributed by atoms with van der Waals surface area (Å²) in [4.78, 5) is 49.1. The van der Waals surface area contributed by atoms with Crippen LogP contribution in [0.4, 0.5) is 29.3 Å². The zero-order valence-corrected chi connectivity index (χ0v) is 21.2. The maximum Gasteiger partial charge on any atom is 0.416 e. The molecule has 4 amide bonds. The zero-order chi connectivity index (χ0) is 28.5. The van der Waals surface area contributed by atoms with Crippen molar-refractivity contribution >= 4 is 51.2 Å². The summed E-state index contributed by atoms with van der Waals surface area (Å²) in [7, 11) is 1.24. The molecule has 0 spiro atoms. The molecule has 1 aliphatic heterocycles. The van der Waals surface area contributed by atoms with Gasteiger partial charge in [-0.2, -0.15) is 13.2 Å². The lowest BCUT2D eigenvalue weighted by Gasteiger charge is -2.26. The summed E-state index contributed by atoms with van der Waals surface area (Å²) < 4.78 is 50.1. The highest BCUT2D eigenvalue weighted by Gasteiger charge is 2.37. The number of anilines is 1. The van der Waals surface area contributed by atoms with Crippen LogP contribution in [0.1, 0.15) is 11.1 Å². The van der Waals surface area contributed by atoms with Crippen molar-refractivity contribution in [1.82, 2.24) is 5.32 Å². The first kappa shape index (κ1) is 27.3. The van der Waals surface area contributed by atoms with Gasteiger partial charge in [0.05, 0.1) is 27.8 Å². The van der Waals surface area contributed by atoms with Gasteiger partial charge in [0.2, 0.25) is 5.75 Å². The Hall–Kier alpha value is -4.72. The maximum atomic E-state index is 13.1. The quantitative estimate of drug-likeness (QED) is 0.162. The van der Waals surface area contributed by atoms with Gasteiger partial charge in [-0.1, -0.05) is 18.2 Å². The molecule has 3 aromatic rings. The fourth-order valence-corrected chi connectivity index (χ4v) is 4.13. The molecular formula is C25H15BrF3N3O7. The zero-order valence-electron chi connectivity index (χ0n) is 19.6. The summed E-state index contributed by atoms with van der Waals surface area (Å²) in [5.41, 5.74) is -2.07. The number of nitrogens with zero attached hydrogens (tertiary/aromatic N) is 2. The molecule has 14 heteroatoms. The van der Waals surface area contributed by atoms with Crippen molar-refractivity contribution in [3.63, 3.8) is 0 Å². The fourth-order valence-electron chi connectivity index (χ4n) is 3.59. The van der Waals surface area contributed by atoms with E-state index in [9.17, 15) is 37.7 Å². The second-order valence-corrected chi connectivity index (χ2v) is 8.72. The SMILES string of the molecule is COc1cc(/C=C2\C(=O)NC(=O)N(c3ccccc3)C2=O)cc(Br)c1Oc1ccc(C(F)(F)F)cc1[N+](=O)[O-]. The molecule has 4 rings (SSSR count). The number of alkyl halides is 3. The van der Waals surface area contributed by atoms with Gasteiger partial charge in [-0.15, -0.1) is 0 Å². The monoisotopic (exact) mass is 605 g/mol. The summed E-state index contributed by atoms with van der Waals surface area (Å²) in [5.74, 6) is -2.47. The van der Waals surface area contributed by atoms with E-state index in [1.54, 1.807) is 18.2 Å². The Morgan fingerprint density at radius 3 is 2.33 bits per heavy atom. The molecule has 1 N–H and O–H groups in total. The Morgan fingerprint density at radius 2 is 1.72 bits per heavy atom. The molecule has 1 aliphatic rings. The number of urea groups is 1. The number of ether oxygens (including phenoxy) is 2. The van der Waals surface area contributed by atoms with Crippen molar-refractivity contribution in [2.45, 2.75) is 6.18 Å². The average molecular weight is 606 g/mol. The van der Waals surface area contributed by atoms with Crippen LogP contribution in [0.25, 0.3) is 6.08 Å². The number of halogens is 4. The number of imide groups is 2. The molecule has 10 nitrogen and oxygen atoms in total. The lowest BCUT2D eigenvalue weighted by Crippen LogP contribution is -2.54. The van der Waals surface area contributed by atoms with Gasteiger partial charge in [0, 0.05) is 6.07 Å². The average Bonchev–Trinajstić information content (AvgIpc) is 2.87. The summed E-state index contributed by atoms with van der Waals surface area (Å²) in [6, 6.07) is 11.5. The van der Waals surface area contributed by atoms with Crippen LogP contribution in [0.3, 0.4) is 0 Å². The predicted octanol–water partition coefficient (Wildman–Crippen LogP) is 5.84. The molecule has 0 unspecified atom stereocenters. The van der Waals surface area contributed by atoms with Crippen molar-refractivity contribution in [3.8, 4) is 17.2 Å². The van der Waals surface area contributed by atoms with Gasteiger partial charge < -0.3 is 9.47 Å². The van der Waals surface area contributed by atoms with Crippen LogP contribution in [-0.2, 0) is 15.8 Å². The predicted molar refractivity (Wildman–Crippen MR) is 134 cm³/mol. The Labute approximate surface area is 225 Å². The van der Waals surface area contributed by atoms with Crippen LogP contribution in [0.5, 0.6) is 17.2 Å². The van der Waals surface area contributed by atoms with Crippen molar-refractivity contribution < 1.29 is 42.0 Å². The number of carbonyl (C=O) groups is 3. The highest BCUT2D eigenvalue weighted by atomic mass is 79.9. The molecule has 200 valence electrons. The molecule has 1 heterocycles. The molecule has 0 bridgehead atoms. The van der Waals surface area contributed by atoms with E-state index in [0.29, 0.717) is 12.1 Å².